The van der Waals surface area contributed by atoms with Gasteiger partial charge in [-0.2, -0.15) is 10.4 Å². The van der Waals surface area contributed by atoms with Crippen molar-refractivity contribution in [2.45, 2.75) is 32.4 Å². The molecule has 0 amide bonds. The Morgan fingerprint density at radius 3 is 2.77 bits per heavy atom. The van der Waals surface area contributed by atoms with Crippen LogP contribution in [0, 0.1) is 11.3 Å². The van der Waals surface area contributed by atoms with E-state index in [1.807, 2.05) is 28.9 Å². The molecular weight excluding hydrogens is 364 g/mol. The summed E-state index contributed by atoms with van der Waals surface area (Å²) in [6.45, 7) is 8.09. The number of fused-ring (bicyclic) bond motifs is 1. The van der Waals surface area contributed by atoms with E-state index in [-0.39, 0.29) is 0 Å². The summed E-state index contributed by atoms with van der Waals surface area (Å²) in [4.78, 5) is 3.99. The molecule has 0 aliphatic rings. The second-order valence-electron chi connectivity index (χ2n) is 7.38. The number of nitrogens with zero attached hydrogens (tertiary/aromatic N) is 4. The van der Waals surface area contributed by atoms with E-state index in [0.29, 0.717) is 23.0 Å². The van der Waals surface area contributed by atoms with Crippen molar-refractivity contribution in [1.82, 2.24) is 14.8 Å². The van der Waals surface area contributed by atoms with Gasteiger partial charge in [-0.25, -0.2) is 9.67 Å². The summed E-state index contributed by atoms with van der Waals surface area (Å²) < 4.78 is 7.70. The van der Waals surface area contributed by atoms with Gasteiger partial charge in [0.05, 0.1) is 11.1 Å². The van der Waals surface area contributed by atoms with Crippen LogP contribution >= 0.6 is 11.6 Å². The molecule has 0 fully saturated rings. The molecule has 0 aliphatic heterocycles. The van der Waals surface area contributed by atoms with Gasteiger partial charge in [-0.05, 0) is 18.2 Å². The molecule has 5 nitrogen and oxygen atoms in total. The zero-order chi connectivity index (χ0) is 18.7. The average molecular weight is 385 g/mol. The molecule has 134 valence electrons. The summed E-state index contributed by atoms with van der Waals surface area (Å²) in [5.74, 6) is 0. The van der Waals surface area contributed by atoms with Crippen LogP contribution < -0.4 is 0 Å². The Kier molecular flexibility index (Phi) is 5.42. The maximum atomic E-state index is 9.41. The maximum Gasteiger partial charge on any atom is 0.140 e. The summed E-state index contributed by atoms with van der Waals surface area (Å²) in [6, 6.07) is 12.9. The minimum Gasteiger partial charge on any atom is -0.360 e. The lowest BCUT2D eigenvalue weighted by atomic mass is 10.0. The lowest BCUT2D eigenvalue weighted by molar-refractivity contribution is 0.0818. The fourth-order valence-corrected chi connectivity index (χ4v) is 3.58. The van der Waals surface area contributed by atoms with Crippen molar-refractivity contribution >= 4 is 30.6 Å². The molecule has 0 bridgehead atoms. The van der Waals surface area contributed by atoms with E-state index in [1.165, 1.54) is 6.20 Å². The fraction of sp³-hybridized carbons (Fsp3) is 0.316. The summed E-state index contributed by atoms with van der Waals surface area (Å²) in [6.07, 6.45) is 1.48. The molecule has 0 saturated carbocycles. The number of aromatic nitrogens is 3. The van der Waals surface area contributed by atoms with Crippen LogP contribution in [0.3, 0.4) is 0 Å². The molecule has 7 heteroatoms. The van der Waals surface area contributed by atoms with E-state index in [1.54, 1.807) is 6.07 Å². The highest BCUT2D eigenvalue weighted by atomic mass is 35.5. The Labute approximate surface area is 159 Å². The molecule has 3 rings (SSSR count). The van der Waals surface area contributed by atoms with Crippen molar-refractivity contribution < 1.29 is 4.74 Å². The largest absolute Gasteiger partial charge is 0.360 e. The van der Waals surface area contributed by atoms with Gasteiger partial charge >= 0.3 is 0 Å². The predicted octanol–water partition coefficient (Wildman–Crippen LogP) is 4.94. The molecule has 2 aromatic heterocycles. The van der Waals surface area contributed by atoms with Crippen molar-refractivity contribution in [2.24, 2.45) is 0 Å². The molecule has 0 saturated heterocycles. The van der Waals surface area contributed by atoms with Gasteiger partial charge in [-0.1, -0.05) is 49.4 Å². The highest BCUT2D eigenvalue weighted by Gasteiger charge is 2.17. The molecular formula is C19H21ClN4OSi. The minimum atomic E-state index is -1.13. The van der Waals surface area contributed by atoms with Gasteiger partial charge < -0.3 is 4.74 Å². The average Bonchev–Trinajstić information content (AvgIpc) is 2.97. The molecule has 0 radical (unpaired) electrons. The molecule has 26 heavy (non-hydrogen) atoms. The summed E-state index contributed by atoms with van der Waals surface area (Å²) in [5, 5.41) is 15.4. The third-order valence-corrected chi connectivity index (χ3v) is 6.02. The first kappa shape index (κ1) is 18.6. The quantitative estimate of drug-likeness (QED) is 0.343. The fourth-order valence-electron chi connectivity index (χ4n) is 2.67. The number of pyridine rings is 1. The second-order valence-corrected chi connectivity index (χ2v) is 13.4. The number of benzene rings is 1. The number of hydrogen-bond acceptors (Lipinski definition) is 4. The van der Waals surface area contributed by atoms with Crippen molar-refractivity contribution in [2.75, 3.05) is 6.61 Å². The zero-order valence-corrected chi connectivity index (χ0v) is 16.9. The van der Waals surface area contributed by atoms with Crippen LogP contribution in [0.1, 0.15) is 5.56 Å². The van der Waals surface area contributed by atoms with Crippen LogP contribution in [0.25, 0.3) is 22.2 Å². The smallest absolute Gasteiger partial charge is 0.140 e. The van der Waals surface area contributed by atoms with Gasteiger partial charge in [-0.3, -0.25) is 0 Å². The van der Waals surface area contributed by atoms with Crippen molar-refractivity contribution in [1.29, 1.82) is 5.26 Å². The van der Waals surface area contributed by atoms with E-state index in [0.717, 1.165) is 29.2 Å². The van der Waals surface area contributed by atoms with E-state index >= 15 is 0 Å². The zero-order valence-electron chi connectivity index (χ0n) is 15.2. The normalized spacial score (nSPS) is 11.7. The van der Waals surface area contributed by atoms with Crippen LogP contribution in [-0.2, 0) is 11.5 Å². The number of para-hydroxylation sites is 1. The number of nitriles is 1. The van der Waals surface area contributed by atoms with E-state index in [4.69, 9.17) is 21.4 Å². The van der Waals surface area contributed by atoms with Gasteiger partial charge in [0.25, 0.3) is 0 Å². The molecule has 0 atom stereocenters. The van der Waals surface area contributed by atoms with E-state index < -0.39 is 8.07 Å². The van der Waals surface area contributed by atoms with Gasteiger partial charge in [0, 0.05) is 31.8 Å². The third kappa shape index (κ3) is 4.13. The Hall–Kier alpha value is -2.20. The van der Waals surface area contributed by atoms with E-state index in [2.05, 4.69) is 30.7 Å². The highest BCUT2D eigenvalue weighted by Crippen LogP contribution is 2.31. The monoisotopic (exact) mass is 384 g/mol. The minimum absolute atomic E-state index is 0.337. The molecule has 0 N–H and O–H groups in total. The number of hydrogen-bond donors (Lipinski definition) is 0. The Balaban J connectivity index is 1.96. The lowest BCUT2D eigenvalue weighted by Crippen LogP contribution is -2.22. The summed E-state index contributed by atoms with van der Waals surface area (Å²) in [5.41, 5.74) is 2.82. The molecule has 2 heterocycles. The van der Waals surface area contributed by atoms with Crippen LogP contribution in [0.4, 0.5) is 0 Å². The lowest BCUT2D eigenvalue weighted by Gasteiger charge is -2.15. The molecule has 1 aromatic carbocycles. The third-order valence-electron chi connectivity index (χ3n) is 4.11. The van der Waals surface area contributed by atoms with Gasteiger partial charge in [0.1, 0.15) is 23.6 Å². The van der Waals surface area contributed by atoms with Crippen molar-refractivity contribution in [3.8, 4) is 17.3 Å². The van der Waals surface area contributed by atoms with Crippen molar-refractivity contribution in [3.05, 3.63) is 47.2 Å². The number of ether oxygens (including phenoxy) is 1. The van der Waals surface area contributed by atoms with E-state index in [9.17, 15) is 5.26 Å². The SMILES string of the molecule is C[Si](C)(C)CCOCn1nc(-c2cc(Cl)ncc2C#N)c2ccccc21. The highest BCUT2D eigenvalue weighted by molar-refractivity contribution is 6.76. The standard InChI is InChI=1S/C19H21ClN4OSi/c1-26(2,3)9-8-25-13-24-17-7-5-4-6-15(17)19(23-24)16-10-18(20)22-12-14(16)11-21/h4-7,10,12H,8-9,13H2,1-3H3. The topological polar surface area (TPSA) is 63.7 Å². The Morgan fingerprint density at radius 1 is 1.27 bits per heavy atom. The van der Waals surface area contributed by atoms with Gasteiger partial charge in [0.15, 0.2) is 0 Å². The summed E-state index contributed by atoms with van der Waals surface area (Å²) >= 11 is 6.05. The summed E-state index contributed by atoms with van der Waals surface area (Å²) in [7, 11) is -1.13. The number of halogens is 1. The van der Waals surface area contributed by atoms with Crippen LogP contribution in [0.5, 0.6) is 0 Å². The molecule has 0 spiro atoms. The first-order chi connectivity index (χ1) is 12.4. The molecule has 0 aliphatic carbocycles. The van der Waals surface area contributed by atoms with Crippen LogP contribution in [0.2, 0.25) is 30.8 Å². The first-order valence-electron chi connectivity index (χ1n) is 8.48. The van der Waals surface area contributed by atoms with Gasteiger partial charge in [-0.15, -0.1) is 0 Å². The molecule has 0 unspecified atom stereocenters. The maximum absolute atomic E-state index is 9.41. The van der Waals surface area contributed by atoms with Gasteiger partial charge in [0.2, 0.25) is 0 Å². The first-order valence-corrected chi connectivity index (χ1v) is 12.6. The predicted molar refractivity (Wildman–Crippen MR) is 107 cm³/mol. The van der Waals surface area contributed by atoms with Crippen LogP contribution in [0.15, 0.2) is 36.5 Å². The molecule has 3 aromatic rings. The number of rotatable bonds is 6. The second kappa shape index (κ2) is 7.58. The Bertz CT molecular complexity index is 972. The Morgan fingerprint density at radius 2 is 2.04 bits per heavy atom. The van der Waals surface area contributed by atoms with Crippen LogP contribution in [-0.4, -0.2) is 29.4 Å². The van der Waals surface area contributed by atoms with Crippen molar-refractivity contribution in [3.63, 3.8) is 0 Å².